The third-order valence-electron chi connectivity index (χ3n) is 5.06. The molecule has 1 atom stereocenters. The van der Waals surface area contributed by atoms with Crippen LogP contribution in [0.25, 0.3) is 11.5 Å². The zero-order chi connectivity index (χ0) is 22.6. The van der Waals surface area contributed by atoms with Crippen molar-refractivity contribution >= 4 is 33.4 Å². The predicted octanol–water partition coefficient (Wildman–Crippen LogP) is 3.43. The van der Waals surface area contributed by atoms with Crippen molar-refractivity contribution in [3.05, 3.63) is 48.8 Å². The van der Waals surface area contributed by atoms with Gasteiger partial charge in [-0.15, -0.1) is 10.2 Å². The maximum Gasteiger partial charge on any atom is 0.277 e. The lowest BCUT2D eigenvalue weighted by molar-refractivity contribution is -0.115. The number of nitrogens with zero attached hydrogens (tertiary/aromatic N) is 4. The molecule has 1 aliphatic rings. The first-order chi connectivity index (χ1) is 15.4. The number of anilines is 1. The van der Waals surface area contributed by atoms with Gasteiger partial charge >= 0.3 is 0 Å². The molecule has 1 amide bonds. The van der Waals surface area contributed by atoms with Gasteiger partial charge in [0.25, 0.3) is 5.22 Å². The number of amides is 1. The number of pyridine rings is 1. The topological polar surface area (TPSA) is 118 Å². The van der Waals surface area contributed by atoms with Gasteiger partial charge in [0.1, 0.15) is 0 Å². The Hall–Kier alpha value is -2.76. The molecule has 0 radical (unpaired) electrons. The highest BCUT2D eigenvalue weighted by molar-refractivity contribution is 8.00. The Morgan fingerprint density at radius 2 is 1.75 bits per heavy atom. The number of hydrogen-bond donors (Lipinski definition) is 1. The molecule has 0 aliphatic carbocycles. The maximum atomic E-state index is 12.7. The van der Waals surface area contributed by atoms with Crippen LogP contribution in [-0.2, 0) is 14.8 Å². The van der Waals surface area contributed by atoms with E-state index in [4.69, 9.17) is 4.42 Å². The summed E-state index contributed by atoms with van der Waals surface area (Å²) in [6.45, 7) is 2.83. The van der Waals surface area contributed by atoms with Crippen LogP contribution >= 0.6 is 11.8 Å². The summed E-state index contributed by atoms with van der Waals surface area (Å²) in [5.41, 5.74) is 1.26. The number of sulfonamides is 1. The molecule has 11 heteroatoms. The summed E-state index contributed by atoms with van der Waals surface area (Å²) in [4.78, 5) is 16.7. The summed E-state index contributed by atoms with van der Waals surface area (Å²) < 4.78 is 32.6. The Labute approximate surface area is 190 Å². The van der Waals surface area contributed by atoms with Gasteiger partial charge in [0, 0.05) is 36.7 Å². The Morgan fingerprint density at radius 3 is 2.44 bits per heavy atom. The number of nitrogens with one attached hydrogen (secondary N) is 1. The summed E-state index contributed by atoms with van der Waals surface area (Å²) in [5, 5.41) is 10.5. The number of hydrogen-bond acceptors (Lipinski definition) is 8. The minimum absolute atomic E-state index is 0.231. The van der Waals surface area contributed by atoms with Crippen LogP contribution in [0.3, 0.4) is 0 Å². The van der Waals surface area contributed by atoms with E-state index in [9.17, 15) is 13.2 Å². The Kier molecular flexibility index (Phi) is 6.87. The van der Waals surface area contributed by atoms with Crippen LogP contribution in [0.15, 0.2) is 63.3 Å². The molecule has 0 spiro atoms. The number of rotatable bonds is 7. The molecule has 1 N–H and O–H groups in total. The standard InChI is InChI=1S/C21H23N5O4S2/c1-15(31-21-25-24-20(30-21)16-9-11-22-12-10-16)19(27)23-17-5-7-18(8-6-17)32(28,29)26-13-3-2-4-14-26/h5-12,15H,2-4,13-14H2,1H3,(H,23,27). The van der Waals surface area contributed by atoms with E-state index in [2.05, 4.69) is 20.5 Å². The molecule has 1 fully saturated rings. The second-order valence-electron chi connectivity index (χ2n) is 7.35. The van der Waals surface area contributed by atoms with Gasteiger partial charge in [-0.1, -0.05) is 18.2 Å². The van der Waals surface area contributed by atoms with E-state index in [0.29, 0.717) is 24.7 Å². The van der Waals surface area contributed by atoms with Crippen LogP contribution in [-0.4, -0.2) is 52.2 Å². The van der Waals surface area contributed by atoms with Crippen molar-refractivity contribution in [1.29, 1.82) is 0 Å². The van der Waals surface area contributed by atoms with Crippen molar-refractivity contribution in [2.75, 3.05) is 18.4 Å². The molecule has 0 saturated carbocycles. The lowest BCUT2D eigenvalue weighted by Gasteiger charge is -2.25. The Balaban J connectivity index is 1.36. The minimum atomic E-state index is -3.50. The fraction of sp³-hybridized carbons (Fsp3) is 0.333. The van der Waals surface area contributed by atoms with E-state index in [1.54, 1.807) is 43.6 Å². The lowest BCUT2D eigenvalue weighted by atomic mass is 10.2. The number of thioether (sulfide) groups is 1. The van der Waals surface area contributed by atoms with Crippen LogP contribution in [0, 0.1) is 0 Å². The smallest absolute Gasteiger partial charge is 0.277 e. The fourth-order valence-electron chi connectivity index (χ4n) is 3.28. The van der Waals surface area contributed by atoms with Gasteiger partial charge in [-0.2, -0.15) is 4.31 Å². The van der Waals surface area contributed by atoms with Gasteiger partial charge < -0.3 is 9.73 Å². The highest BCUT2D eigenvalue weighted by atomic mass is 32.2. The van der Waals surface area contributed by atoms with Gasteiger partial charge in [-0.25, -0.2) is 8.42 Å². The SMILES string of the molecule is CC(Sc1nnc(-c2ccncc2)o1)C(=O)Nc1ccc(S(=O)(=O)N2CCCCC2)cc1. The van der Waals surface area contributed by atoms with E-state index in [1.807, 2.05) is 0 Å². The minimum Gasteiger partial charge on any atom is -0.411 e. The van der Waals surface area contributed by atoms with Gasteiger partial charge in [-0.3, -0.25) is 9.78 Å². The number of carbonyl (C=O) groups excluding carboxylic acids is 1. The molecule has 1 aliphatic heterocycles. The van der Waals surface area contributed by atoms with E-state index < -0.39 is 15.3 Å². The first-order valence-corrected chi connectivity index (χ1v) is 12.6. The summed E-state index contributed by atoms with van der Waals surface area (Å²) in [5.74, 6) is 0.0957. The Bertz CT molecular complexity index is 1160. The summed E-state index contributed by atoms with van der Waals surface area (Å²) in [7, 11) is -3.50. The molecule has 3 heterocycles. The monoisotopic (exact) mass is 473 g/mol. The summed E-state index contributed by atoms with van der Waals surface area (Å²) in [6.07, 6.45) is 6.08. The quantitative estimate of drug-likeness (QED) is 0.519. The first kappa shape index (κ1) is 22.4. The van der Waals surface area contributed by atoms with Crippen LogP contribution in [0.4, 0.5) is 5.69 Å². The summed E-state index contributed by atoms with van der Waals surface area (Å²) in [6, 6.07) is 9.76. The Morgan fingerprint density at radius 1 is 1.06 bits per heavy atom. The molecule has 3 aromatic rings. The number of benzene rings is 1. The van der Waals surface area contributed by atoms with Gasteiger partial charge in [0.2, 0.25) is 21.8 Å². The number of aromatic nitrogens is 3. The van der Waals surface area contributed by atoms with E-state index in [-0.39, 0.29) is 16.0 Å². The predicted molar refractivity (Wildman–Crippen MR) is 121 cm³/mol. The molecule has 1 unspecified atom stereocenters. The molecule has 0 bridgehead atoms. The molecule has 1 saturated heterocycles. The average Bonchev–Trinajstić information content (AvgIpc) is 3.29. The van der Waals surface area contributed by atoms with Crippen molar-refractivity contribution in [1.82, 2.24) is 19.5 Å². The van der Waals surface area contributed by atoms with E-state index in [1.165, 1.54) is 16.4 Å². The number of carbonyl (C=O) groups is 1. The van der Waals surface area contributed by atoms with Crippen LogP contribution < -0.4 is 5.32 Å². The first-order valence-electron chi connectivity index (χ1n) is 10.2. The molecular weight excluding hydrogens is 450 g/mol. The molecule has 4 rings (SSSR count). The van der Waals surface area contributed by atoms with Crippen molar-refractivity contribution in [3.8, 4) is 11.5 Å². The zero-order valence-electron chi connectivity index (χ0n) is 17.5. The lowest BCUT2D eigenvalue weighted by Crippen LogP contribution is -2.35. The zero-order valence-corrected chi connectivity index (χ0v) is 19.1. The van der Waals surface area contributed by atoms with Crippen LogP contribution in [0.1, 0.15) is 26.2 Å². The van der Waals surface area contributed by atoms with Crippen molar-refractivity contribution in [2.45, 2.75) is 41.6 Å². The molecule has 168 valence electrons. The van der Waals surface area contributed by atoms with Crippen LogP contribution in [0.2, 0.25) is 0 Å². The third kappa shape index (κ3) is 5.17. The average molecular weight is 474 g/mol. The second-order valence-corrected chi connectivity index (χ2v) is 10.6. The molecule has 32 heavy (non-hydrogen) atoms. The largest absolute Gasteiger partial charge is 0.411 e. The normalized spacial score (nSPS) is 15.9. The van der Waals surface area contributed by atoms with Gasteiger partial charge in [0.15, 0.2) is 0 Å². The van der Waals surface area contributed by atoms with E-state index >= 15 is 0 Å². The fourth-order valence-corrected chi connectivity index (χ4v) is 5.48. The van der Waals surface area contributed by atoms with Gasteiger partial charge in [-0.05, 0) is 56.2 Å². The molecule has 2 aromatic heterocycles. The maximum absolute atomic E-state index is 12.7. The second kappa shape index (κ2) is 9.80. The highest BCUT2D eigenvalue weighted by Crippen LogP contribution is 2.27. The molecule has 1 aromatic carbocycles. The molecular formula is C21H23N5O4S2. The number of piperidine rings is 1. The molecule has 9 nitrogen and oxygen atoms in total. The van der Waals surface area contributed by atoms with E-state index in [0.717, 1.165) is 36.6 Å². The van der Waals surface area contributed by atoms with Crippen molar-refractivity contribution in [2.24, 2.45) is 0 Å². The van der Waals surface area contributed by atoms with Crippen LogP contribution in [0.5, 0.6) is 0 Å². The van der Waals surface area contributed by atoms with Gasteiger partial charge in [0.05, 0.1) is 10.1 Å². The third-order valence-corrected chi connectivity index (χ3v) is 7.90. The highest BCUT2D eigenvalue weighted by Gasteiger charge is 2.26. The van der Waals surface area contributed by atoms with Crippen molar-refractivity contribution < 1.29 is 17.6 Å². The summed E-state index contributed by atoms with van der Waals surface area (Å²) >= 11 is 1.14. The van der Waals surface area contributed by atoms with Crippen molar-refractivity contribution in [3.63, 3.8) is 0 Å².